The molecule has 0 unspecified atom stereocenters. The Bertz CT molecular complexity index is 507. The van der Waals surface area contributed by atoms with Gasteiger partial charge in [-0.25, -0.2) is 0 Å². The number of hydrogen-bond donors (Lipinski definition) is 3. The van der Waals surface area contributed by atoms with E-state index in [1.807, 2.05) is 0 Å². The third kappa shape index (κ3) is 2.00. The zero-order chi connectivity index (χ0) is 16.4. The molecule has 3 atom stereocenters. The molecule has 4 nitrogen and oxygen atoms in total. The standard InChI is InChI=1S/C18H30O4/c1-5-6-7-13-14(19)18(20,21)11-16(4)9-8-12-10-17(13,16)22-15(12,2)3/h12,19-21H,5-11H2,1-4H3/t12-,16-,17+/m1/s1. The third-order valence-electron chi connectivity index (χ3n) is 6.54. The van der Waals surface area contributed by atoms with Gasteiger partial charge in [-0.2, -0.15) is 0 Å². The topological polar surface area (TPSA) is 69.9 Å². The fourth-order valence-corrected chi connectivity index (χ4v) is 5.20. The van der Waals surface area contributed by atoms with Gasteiger partial charge < -0.3 is 20.1 Å². The highest BCUT2D eigenvalue weighted by molar-refractivity contribution is 5.36. The van der Waals surface area contributed by atoms with Crippen molar-refractivity contribution >= 4 is 0 Å². The molecule has 0 aromatic heterocycles. The Labute approximate surface area is 133 Å². The van der Waals surface area contributed by atoms with Crippen molar-refractivity contribution in [2.24, 2.45) is 11.3 Å². The van der Waals surface area contributed by atoms with Crippen molar-refractivity contribution in [3.05, 3.63) is 11.3 Å². The summed E-state index contributed by atoms with van der Waals surface area (Å²) in [7, 11) is 0. The number of ether oxygens (including phenoxy) is 1. The van der Waals surface area contributed by atoms with Crippen LogP contribution in [0.3, 0.4) is 0 Å². The maximum Gasteiger partial charge on any atom is 0.223 e. The second-order valence-electron chi connectivity index (χ2n) is 8.46. The second kappa shape index (κ2) is 4.71. The molecule has 1 aliphatic heterocycles. The van der Waals surface area contributed by atoms with E-state index < -0.39 is 11.4 Å². The lowest BCUT2D eigenvalue weighted by atomic mass is 9.53. The van der Waals surface area contributed by atoms with Crippen LogP contribution in [-0.2, 0) is 4.74 Å². The quantitative estimate of drug-likeness (QED) is 0.699. The summed E-state index contributed by atoms with van der Waals surface area (Å²) in [6, 6.07) is 0. The highest BCUT2D eigenvalue weighted by Crippen LogP contribution is 2.66. The van der Waals surface area contributed by atoms with Crippen LogP contribution in [0.4, 0.5) is 0 Å². The van der Waals surface area contributed by atoms with E-state index >= 15 is 0 Å². The monoisotopic (exact) mass is 310 g/mol. The molecule has 1 heterocycles. The molecule has 1 saturated carbocycles. The average Bonchev–Trinajstić information content (AvgIpc) is 2.63. The van der Waals surface area contributed by atoms with E-state index in [4.69, 9.17) is 4.74 Å². The fraction of sp³-hybridized carbons (Fsp3) is 0.889. The molecule has 3 aliphatic rings. The molecule has 22 heavy (non-hydrogen) atoms. The van der Waals surface area contributed by atoms with Crippen LogP contribution in [0.25, 0.3) is 0 Å². The zero-order valence-electron chi connectivity index (χ0n) is 14.3. The molecule has 4 heteroatoms. The molecule has 1 spiro atoms. The summed E-state index contributed by atoms with van der Waals surface area (Å²) in [5, 5.41) is 31.3. The Morgan fingerprint density at radius 2 is 1.91 bits per heavy atom. The molecule has 3 rings (SSSR count). The van der Waals surface area contributed by atoms with Crippen molar-refractivity contribution < 1.29 is 20.1 Å². The van der Waals surface area contributed by atoms with Gasteiger partial charge in [0.2, 0.25) is 5.79 Å². The van der Waals surface area contributed by atoms with E-state index in [2.05, 4.69) is 27.7 Å². The van der Waals surface area contributed by atoms with Crippen LogP contribution in [0.2, 0.25) is 0 Å². The summed E-state index contributed by atoms with van der Waals surface area (Å²) in [5.74, 6) is -1.90. The number of rotatable bonds is 3. The van der Waals surface area contributed by atoms with Gasteiger partial charge >= 0.3 is 0 Å². The summed E-state index contributed by atoms with van der Waals surface area (Å²) in [5.41, 5.74) is -0.354. The van der Waals surface area contributed by atoms with E-state index in [1.54, 1.807) is 0 Å². The molecule has 2 fully saturated rings. The lowest BCUT2D eigenvalue weighted by Gasteiger charge is -2.55. The summed E-state index contributed by atoms with van der Waals surface area (Å²) >= 11 is 0. The van der Waals surface area contributed by atoms with Crippen LogP contribution in [0.1, 0.15) is 72.6 Å². The van der Waals surface area contributed by atoms with E-state index in [-0.39, 0.29) is 23.2 Å². The highest BCUT2D eigenvalue weighted by atomic mass is 16.5. The molecule has 3 N–H and O–H groups in total. The number of hydrogen-bond acceptors (Lipinski definition) is 4. The SMILES string of the molecule is CCCCC1=C(O)C(O)(O)C[C@@]2(C)CC[C@@H]3C[C@]12OC3(C)C. The van der Waals surface area contributed by atoms with Crippen LogP contribution in [0, 0.1) is 11.3 Å². The molecule has 126 valence electrons. The molecule has 0 aromatic rings. The summed E-state index contributed by atoms with van der Waals surface area (Å²) in [6.45, 7) is 8.47. The molecule has 0 radical (unpaired) electrons. The van der Waals surface area contributed by atoms with Gasteiger partial charge in [-0.15, -0.1) is 0 Å². The van der Waals surface area contributed by atoms with E-state index in [1.165, 1.54) is 0 Å². The normalized spacial score (nSPS) is 42.4. The van der Waals surface area contributed by atoms with Gasteiger partial charge in [0.15, 0.2) is 5.76 Å². The van der Waals surface area contributed by atoms with Crippen molar-refractivity contribution in [3.63, 3.8) is 0 Å². The van der Waals surface area contributed by atoms with Crippen molar-refractivity contribution in [3.8, 4) is 0 Å². The first-order valence-electron chi connectivity index (χ1n) is 8.66. The first-order chi connectivity index (χ1) is 10.1. The van der Waals surface area contributed by atoms with Crippen LogP contribution in [-0.4, -0.2) is 32.3 Å². The predicted octanol–water partition coefficient (Wildman–Crippen LogP) is 3.43. The Morgan fingerprint density at radius 3 is 2.55 bits per heavy atom. The van der Waals surface area contributed by atoms with Gasteiger partial charge in [0.05, 0.1) is 11.2 Å². The number of unbranched alkanes of at least 4 members (excludes halogenated alkanes) is 1. The Hall–Kier alpha value is -0.580. The number of aliphatic hydroxyl groups is 3. The molecule has 2 aliphatic carbocycles. The van der Waals surface area contributed by atoms with Crippen molar-refractivity contribution in [2.45, 2.75) is 89.6 Å². The molecule has 0 aromatic carbocycles. The van der Waals surface area contributed by atoms with Crippen LogP contribution in [0.5, 0.6) is 0 Å². The fourth-order valence-electron chi connectivity index (χ4n) is 5.20. The van der Waals surface area contributed by atoms with Crippen LogP contribution in [0.15, 0.2) is 11.3 Å². The Balaban J connectivity index is 2.14. The smallest absolute Gasteiger partial charge is 0.223 e. The molecular weight excluding hydrogens is 280 g/mol. The minimum atomic E-state index is -2.12. The average molecular weight is 310 g/mol. The van der Waals surface area contributed by atoms with Gasteiger partial charge in [-0.1, -0.05) is 20.3 Å². The maximum absolute atomic E-state index is 10.6. The number of aliphatic hydroxyl groups excluding tert-OH is 1. The Morgan fingerprint density at radius 1 is 1.23 bits per heavy atom. The van der Waals surface area contributed by atoms with E-state index in [0.717, 1.165) is 37.7 Å². The van der Waals surface area contributed by atoms with Crippen LogP contribution < -0.4 is 0 Å². The van der Waals surface area contributed by atoms with Crippen molar-refractivity contribution in [2.75, 3.05) is 0 Å². The summed E-state index contributed by atoms with van der Waals surface area (Å²) < 4.78 is 6.60. The van der Waals surface area contributed by atoms with Crippen molar-refractivity contribution in [1.82, 2.24) is 0 Å². The zero-order valence-corrected chi connectivity index (χ0v) is 14.3. The first kappa shape index (κ1) is 16.3. The molecule has 0 amide bonds. The summed E-state index contributed by atoms with van der Waals surface area (Å²) in [4.78, 5) is 0. The highest BCUT2D eigenvalue weighted by Gasteiger charge is 2.68. The molecule has 1 saturated heterocycles. The lowest BCUT2D eigenvalue weighted by molar-refractivity contribution is -0.228. The number of fused-ring (bicyclic) bond motifs is 1. The summed E-state index contributed by atoms with van der Waals surface area (Å²) in [6.07, 6.45) is 5.57. The van der Waals surface area contributed by atoms with Gasteiger partial charge in [0.25, 0.3) is 0 Å². The van der Waals surface area contributed by atoms with E-state index in [0.29, 0.717) is 12.3 Å². The van der Waals surface area contributed by atoms with Crippen LogP contribution >= 0.6 is 0 Å². The Kier molecular flexibility index (Phi) is 3.49. The minimum Gasteiger partial charge on any atom is -0.507 e. The lowest BCUT2D eigenvalue weighted by Crippen LogP contribution is -2.59. The molecular formula is C18H30O4. The predicted molar refractivity (Wildman–Crippen MR) is 84.3 cm³/mol. The third-order valence-corrected chi connectivity index (χ3v) is 6.54. The van der Waals surface area contributed by atoms with Gasteiger partial charge in [-0.3, -0.25) is 0 Å². The second-order valence-corrected chi connectivity index (χ2v) is 8.46. The maximum atomic E-state index is 10.6. The van der Waals surface area contributed by atoms with Gasteiger partial charge in [0.1, 0.15) is 0 Å². The van der Waals surface area contributed by atoms with Crippen molar-refractivity contribution in [1.29, 1.82) is 0 Å². The van der Waals surface area contributed by atoms with Gasteiger partial charge in [-0.05, 0) is 51.9 Å². The van der Waals surface area contributed by atoms with E-state index in [9.17, 15) is 15.3 Å². The molecule has 2 bridgehead atoms. The van der Waals surface area contributed by atoms with Gasteiger partial charge in [0, 0.05) is 17.4 Å². The first-order valence-corrected chi connectivity index (χ1v) is 8.66. The minimum absolute atomic E-state index is 0.143. The largest absolute Gasteiger partial charge is 0.507 e.